The molecule has 232 valence electrons. The number of carbonyl (C=O) groups excluding carboxylic acids is 1. The van der Waals surface area contributed by atoms with E-state index < -0.39 is 6.16 Å². The second kappa shape index (κ2) is 14.9. The number of rotatable bonds is 12. The van der Waals surface area contributed by atoms with Gasteiger partial charge in [-0.05, 0) is 61.1 Å². The van der Waals surface area contributed by atoms with Gasteiger partial charge < -0.3 is 19.7 Å². The minimum absolute atomic E-state index is 0.00952. The van der Waals surface area contributed by atoms with Crippen LogP contribution in [0.4, 0.5) is 15.3 Å². The molecule has 0 unspecified atom stereocenters. The number of unbranched alkanes of at least 4 members (excludes halogenated alkanes) is 2. The van der Waals surface area contributed by atoms with E-state index in [9.17, 15) is 9.59 Å². The maximum atomic E-state index is 13.6. The lowest BCUT2D eigenvalue weighted by Crippen LogP contribution is -2.47. The van der Waals surface area contributed by atoms with E-state index in [-0.39, 0.29) is 12.1 Å². The van der Waals surface area contributed by atoms with Crippen LogP contribution < -0.4 is 15.0 Å². The van der Waals surface area contributed by atoms with E-state index in [0.717, 1.165) is 97.0 Å². The molecule has 0 spiro atoms. The molecule has 1 fully saturated rings. The summed E-state index contributed by atoms with van der Waals surface area (Å²) in [5.74, 6) is 1.35. The largest absolute Gasteiger partial charge is 0.511 e. The Bertz CT molecular complexity index is 1560. The molecule has 0 bridgehead atoms. The standard InChI is InChI=1S/C36H44N4O4/c1-3-5-16-34-38-31-22-21-29(40(28-12-8-7-9-13-28)35(41)37-23-6-4-2)24-32(31)39(34)25-26-17-19-27(20-18-26)30-14-10-11-15-33(30)44-36(42)43/h10-11,14-15,17-22,24,28H,3-9,12-13,16,23,25H2,1-2H3,(H,37,41)(H,42,43). The highest BCUT2D eigenvalue weighted by molar-refractivity contribution is 5.95. The third kappa shape index (κ3) is 7.41. The summed E-state index contributed by atoms with van der Waals surface area (Å²) in [6.07, 6.45) is 9.24. The van der Waals surface area contributed by atoms with Crippen molar-refractivity contribution in [2.45, 2.75) is 90.6 Å². The van der Waals surface area contributed by atoms with Crippen molar-refractivity contribution in [1.29, 1.82) is 0 Å². The van der Waals surface area contributed by atoms with Crippen molar-refractivity contribution >= 4 is 28.9 Å². The molecule has 1 aliphatic carbocycles. The predicted octanol–water partition coefficient (Wildman–Crippen LogP) is 8.80. The second-order valence-corrected chi connectivity index (χ2v) is 11.7. The van der Waals surface area contributed by atoms with Gasteiger partial charge in [-0.2, -0.15) is 0 Å². The van der Waals surface area contributed by atoms with E-state index in [1.807, 2.05) is 29.2 Å². The molecule has 44 heavy (non-hydrogen) atoms. The van der Waals surface area contributed by atoms with Gasteiger partial charge in [0, 0.05) is 36.8 Å². The van der Waals surface area contributed by atoms with Crippen LogP contribution in [-0.4, -0.2) is 39.4 Å². The quantitative estimate of drug-likeness (QED) is 0.0968. The van der Waals surface area contributed by atoms with Gasteiger partial charge >= 0.3 is 12.2 Å². The number of amides is 2. The van der Waals surface area contributed by atoms with Crippen molar-refractivity contribution in [2.75, 3.05) is 11.4 Å². The van der Waals surface area contributed by atoms with Gasteiger partial charge in [0.25, 0.3) is 0 Å². The number of aromatic nitrogens is 2. The SMILES string of the molecule is CCCCNC(=O)N(c1ccc2nc(CCCC)n(Cc3ccc(-c4ccccc4OC(=O)O)cc3)c2c1)C1CCCCC1. The van der Waals surface area contributed by atoms with E-state index in [4.69, 9.17) is 14.8 Å². The first-order valence-corrected chi connectivity index (χ1v) is 16.1. The van der Waals surface area contributed by atoms with Gasteiger partial charge in [-0.25, -0.2) is 14.6 Å². The Morgan fingerprint density at radius 2 is 1.73 bits per heavy atom. The smallest absolute Gasteiger partial charge is 0.449 e. The van der Waals surface area contributed by atoms with E-state index >= 15 is 0 Å². The molecule has 2 amide bonds. The Morgan fingerprint density at radius 3 is 2.45 bits per heavy atom. The first-order valence-electron chi connectivity index (χ1n) is 16.1. The summed E-state index contributed by atoms with van der Waals surface area (Å²) < 4.78 is 7.30. The van der Waals surface area contributed by atoms with Gasteiger partial charge in [-0.15, -0.1) is 0 Å². The van der Waals surface area contributed by atoms with E-state index in [1.165, 1.54) is 6.42 Å². The first kappa shape index (κ1) is 31.1. The zero-order chi connectivity index (χ0) is 30.9. The lowest BCUT2D eigenvalue weighted by Gasteiger charge is -2.34. The van der Waals surface area contributed by atoms with Crippen LogP contribution in [0.15, 0.2) is 66.7 Å². The number of aryl methyl sites for hydroxylation is 1. The summed E-state index contributed by atoms with van der Waals surface area (Å²) in [5.41, 5.74) is 5.60. The molecule has 0 aliphatic heterocycles. The molecule has 1 saturated carbocycles. The van der Waals surface area contributed by atoms with Crippen LogP contribution in [0.1, 0.15) is 83.0 Å². The van der Waals surface area contributed by atoms with Crippen molar-refractivity contribution in [3.05, 3.63) is 78.1 Å². The molecule has 1 heterocycles. The molecule has 1 aliphatic rings. The third-order valence-electron chi connectivity index (χ3n) is 8.50. The molecule has 5 rings (SSSR count). The molecule has 1 aromatic heterocycles. The molecule has 0 saturated heterocycles. The van der Waals surface area contributed by atoms with Crippen LogP contribution in [0.3, 0.4) is 0 Å². The van der Waals surface area contributed by atoms with Crippen LogP contribution in [-0.2, 0) is 13.0 Å². The highest BCUT2D eigenvalue weighted by atomic mass is 16.7. The average Bonchev–Trinajstić information content (AvgIpc) is 3.37. The molecule has 8 heteroatoms. The summed E-state index contributed by atoms with van der Waals surface area (Å²) in [6.45, 7) is 5.65. The number of benzene rings is 3. The van der Waals surface area contributed by atoms with Gasteiger partial charge in [0.2, 0.25) is 0 Å². The Hall–Kier alpha value is -4.33. The van der Waals surface area contributed by atoms with Gasteiger partial charge in [0.15, 0.2) is 0 Å². The van der Waals surface area contributed by atoms with Crippen LogP contribution >= 0.6 is 0 Å². The number of carbonyl (C=O) groups is 2. The van der Waals surface area contributed by atoms with Crippen molar-refractivity contribution in [3.8, 4) is 16.9 Å². The molecular formula is C36H44N4O4. The number of urea groups is 1. The molecule has 0 radical (unpaired) electrons. The monoisotopic (exact) mass is 596 g/mol. The third-order valence-corrected chi connectivity index (χ3v) is 8.50. The number of para-hydroxylation sites is 1. The second-order valence-electron chi connectivity index (χ2n) is 11.7. The maximum Gasteiger partial charge on any atom is 0.511 e. The van der Waals surface area contributed by atoms with Crippen LogP contribution in [0.2, 0.25) is 0 Å². The number of nitrogens with zero attached hydrogens (tertiary/aromatic N) is 3. The van der Waals surface area contributed by atoms with Crippen molar-refractivity contribution in [3.63, 3.8) is 0 Å². The van der Waals surface area contributed by atoms with E-state index in [0.29, 0.717) is 18.8 Å². The Morgan fingerprint density at radius 1 is 0.977 bits per heavy atom. The maximum absolute atomic E-state index is 13.6. The normalized spacial score (nSPS) is 13.6. The number of fused-ring (bicyclic) bond motifs is 1. The molecule has 2 N–H and O–H groups in total. The topological polar surface area (TPSA) is 96.7 Å². The lowest BCUT2D eigenvalue weighted by molar-refractivity contribution is 0.144. The Balaban J connectivity index is 1.48. The molecule has 3 aromatic carbocycles. The summed E-state index contributed by atoms with van der Waals surface area (Å²) in [7, 11) is 0. The summed E-state index contributed by atoms with van der Waals surface area (Å²) in [4.78, 5) is 31.8. The minimum Gasteiger partial charge on any atom is -0.449 e. The van der Waals surface area contributed by atoms with Gasteiger partial charge in [0.05, 0.1) is 11.0 Å². The van der Waals surface area contributed by atoms with Crippen LogP contribution in [0.5, 0.6) is 5.75 Å². The van der Waals surface area contributed by atoms with Crippen molar-refractivity contribution in [2.24, 2.45) is 0 Å². The van der Waals surface area contributed by atoms with Crippen molar-refractivity contribution in [1.82, 2.24) is 14.9 Å². The predicted molar refractivity (Wildman–Crippen MR) is 176 cm³/mol. The average molecular weight is 597 g/mol. The van der Waals surface area contributed by atoms with Gasteiger partial charge in [-0.3, -0.25) is 4.90 Å². The number of ether oxygens (including phenoxy) is 1. The number of hydrogen-bond donors (Lipinski definition) is 2. The number of anilines is 1. The van der Waals surface area contributed by atoms with Gasteiger partial charge in [0.1, 0.15) is 11.6 Å². The number of hydrogen-bond acceptors (Lipinski definition) is 4. The fourth-order valence-corrected chi connectivity index (χ4v) is 6.16. The Kier molecular flexibility index (Phi) is 10.5. The summed E-state index contributed by atoms with van der Waals surface area (Å²) in [5, 5.41) is 12.3. The fourth-order valence-electron chi connectivity index (χ4n) is 6.16. The molecule has 4 aromatic rings. The van der Waals surface area contributed by atoms with Gasteiger partial charge in [-0.1, -0.05) is 88.4 Å². The zero-order valence-corrected chi connectivity index (χ0v) is 25.9. The van der Waals surface area contributed by atoms with E-state index in [2.05, 4.69) is 54.1 Å². The van der Waals surface area contributed by atoms with Crippen molar-refractivity contribution < 1.29 is 19.4 Å². The molecule has 0 atom stereocenters. The van der Waals surface area contributed by atoms with Crippen LogP contribution in [0.25, 0.3) is 22.2 Å². The number of imidazole rings is 1. The molecular weight excluding hydrogens is 552 g/mol. The summed E-state index contributed by atoms with van der Waals surface area (Å²) >= 11 is 0. The minimum atomic E-state index is -1.33. The first-order chi connectivity index (χ1) is 21.5. The zero-order valence-electron chi connectivity index (χ0n) is 25.9. The highest BCUT2D eigenvalue weighted by Crippen LogP contribution is 2.32. The molecule has 8 nitrogen and oxygen atoms in total. The fraction of sp³-hybridized carbons (Fsp3) is 0.417. The summed E-state index contributed by atoms with van der Waals surface area (Å²) in [6, 6.07) is 21.8. The van der Waals surface area contributed by atoms with Crippen LogP contribution in [0, 0.1) is 0 Å². The Labute approximate surface area is 260 Å². The van der Waals surface area contributed by atoms with E-state index in [1.54, 1.807) is 12.1 Å². The number of carboxylic acid groups (broad SMARTS) is 1. The lowest BCUT2D eigenvalue weighted by atomic mass is 9.94. The highest BCUT2D eigenvalue weighted by Gasteiger charge is 2.27. The number of nitrogens with one attached hydrogen (secondary N) is 1.